The Morgan fingerprint density at radius 2 is 1.85 bits per heavy atom. The molecular formula is C15H22N2O3. The summed E-state index contributed by atoms with van der Waals surface area (Å²) in [6, 6.07) is 7.95. The smallest absolute Gasteiger partial charge is 0.254 e. The van der Waals surface area contributed by atoms with Crippen molar-refractivity contribution < 1.29 is 14.7 Å². The molecule has 0 aliphatic carbocycles. The Labute approximate surface area is 119 Å². The summed E-state index contributed by atoms with van der Waals surface area (Å²) in [6.45, 7) is 4.22. The minimum atomic E-state index is -1.26. The van der Waals surface area contributed by atoms with Gasteiger partial charge in [-0.1, -0.05) is 43.7 Å². The highest BCUT2D eigenvalue weighted by molar-refractivity contribution is 5.89. The molecule has 0 heterocycles. The van der Waals surface area contributed by atoms with E-state index in [4.69, 9.17) is 0 Å². The topological polar surface area (TPSA) is 78.4 Å². The highest BCUT2D eigenvalue weighted by Crippen LogP contribution is 2.11. The van der Waals surface area contributed by atoms with Gasteiger partial charge in [0.15, 0.2) is 6.10 Å². The fourth-order valence-electron chi connectivity index (χ4n) is 1.69. The fourth-order valence-corrected chi connectivity index (χ4v) is 1.69. The van der Waals surface area contributed by atoms with E-state index in [9.17, 15) is 14.7 Å². The Balaban J connectivity index is 2.47. The molecule has 1 rings (SSSR count). The minimum Gasteiger partial charge on any atom is -0.378 e. The summed E-state index contributed by atoms with van der Waals surface area (Å²) in [4.78, 5) is 23.6. The summed E-state index contributed by atoms with van der Waals surface area (Å²) in [5.74, 6) is -0.818. The number of carbonyl (C=O) groups is 2. The lowest BCUT2D eigenvalue weighted by Crippen LogP contribution is -2.46. The van der Waals surface area contributed by atoms with Gasteiger partial charge in [0.25, 0.3) is 5.91 Å². The molecule has 0 aliphatic rings. The van der Waals surface area contributed by atoms with Gasteiger partial charge in [-0.3, -0.25) is 9.59 Å². The summed E-state index contributed by atoms with van der Waals surface area (Å²) < 4.78 is 0. The van der Waals surface area contributed by atoms with E-state index < -0.39 is 18.1 Å². The molecule has 0 spiro atoms. The summed E-state index contributed by atoms with van der Waals surface area (Å²) in [5.41, 5.74) is 0.503. The van der Waals surface area contributed by atoms with Crippen LogP contribution >= 0.6 is 0 Å². The molecule has 2 atom stereocenters. The van der Waals surface area contributed by atoms with Gasteiger partial charge in [-0.25, -0.2) is 0 Å². The lowest BCUT2D eigenvalue weighted by Gasteiger charge is -2.17. The Hall–Kier alpha value is -1.88. The molecule has 110 valence electrons. The number of hydrogen-bond acceptors (Lipinski definition) is 3. The third-order valence-corrected chi connectivity index (χ3v) is 2.95. The molecule has 0 aromatic heterocycles. The predicted molar refractivity (Wildman–Crippen MR) is 76.9 cm³/mol. The molecule has 0 unspecified atom stereocenters. The first kappa shape index (κ1) is 16.2. The number of aliphatic hydroxyl groups excluding tert-OH is 1. The molecule has 1 aromatic carbocycles. The van der Waals surface area contributed by atoms with Gasteiger partial charge < -0.3 is 15.7 Å². The van der Waals surface area contributed by atoms with Gasteiger partial charge in [0.1, 0.15) is 6.04 Å². The lowest BCUT2D eigenvalue weighted by molar-refractivity contribution is -0.133. The maximum atomic E-state index is 11.8. The Kier molecular flexibility index (Phi) is 6.73. The molecule has 0 saturated heterocycles. The van der Waals surface area contributed by atoms with E-state index >= 15 is 0 Å². The second-order valence-electron chi connectivity index (χ2n) is 4.69. The summed E-state index contributed by atoms with van der Waals surface area (Å²) in [7, 11) is 0. The van der Waals surface area contributed by atoms with Crippen LogP contribution in [0.4, 0.5) is 0 Å². The first-order valence-corrected chi connectivity index (χ1v) is 6.87. The van der Waals surface area contributed by atoms with E-state index in [1.165, 1.54) is 0 Å². The number of nitrogens with one attached hydrogen (secondary N) is 2. The maximum absolute atomic E-state index is 11.8. The summed E-state index contributed by atoms with van der Waals surface area (Å²) in [5, 5.41) is 15.1. The zero-order valence-electron chi connectivity index (χ0n) is 11.9. The van der Waals surface area contributed by atoms with Crippen molar-refractivity contribution in [2.75, 3.05) is 6.54 Å². The normalized spacial score (nSPS) is 13.3. The van der Waals surface area contributed by atoms with Crippen LogP contribution in [0.2, 0.25) is 0 Å². The van der Waals surface area contributed by atoms with E-state index in [0.717, 1.165) is 12.8 Å². The van der Waals surface area contributed by atoms with Crippen LogP contribution in [-0.4, -0.2) is 29.5 Å². The third kappa shape index (κ3) is 5.01. The van der Waals surface area contributed by atoms with Crippen molar-refractivity contribution in [1.29, 1.82) is 0 Å². The fraction of sp³-hybridized carbons (Fsp3) is 0.467. The van der Waals surface area contributed by atoms with Crippen molar-refractivity contribution in [3.8, 4) is 0 Å². The van der Waals surface area contributed by atoms with E-state index in [1.54, 1.807) is 37.3 Å². The standard InChI is InChI=1S/C15H22N2O3/c1-3-4-10-16-14(19)11(2)17-15(20)13(18)12-8-6-5-7-9-12/h5-9,11,13,18H,3-4,10H2,1-2H3,(H,16,19)(H,17,20)/t11-,13+/m0/s1. The average molecular weight is 278 g/mol. The second-order valence-corrected chi connectivity index (χ2v) is 4.69. The second kappa shape index (κ2) is 8.32. The maximum Gasteiger partial charge on any atom is 0.254 e. The molecular weight excluding hydrogens is 256 g/mol. The van der Waals surface area contributed by atoms with Crippen LogP contribution in [0.15, 0.2) is 30.3 Å². The van der Waals surface area contributed by atoms with Gasteiger partial charge in [-0.05, 0) is 18.9 Å². The zero-order chi connectivity index (χ0) is 15.0. The quantitative estimate of drug-likeness (QED) is 0.654. The Bertz CT molecular complexity index is 434. The minimum absolute atomic E-state index is 0.243. The SMILES string of the molecule is CCCCNC(=O)[C@H](C)NC(=O)[C@H](O)c1ccccc1. The lowest BCUT2D eigenvalue weighted by atomic mass is 10.1. The van der Waals surface area contributed by atoms with Crippen LogP contribution in [0.1, 0.15) is 38.4 Å². The number of rotatable bonds is 7. The number of carbonyl (C=O) groups excluding carboxylic acids is 2. The Morgan fingerprint density at radius 1 is 1.20 bits per heavy atom. The van der Waals surface area contributed by atoms with Crippen LogP contribution in [0.25, 0.3) is 0 Å². The van der Waals surface area contributed by atoms with Crippen LogP contribution in [0.3, 0.4) is 0 Å². The number of hydrogen-bond donors (Lipinski definition) is 3. The van der Waals surface area contributed by atoms with Crippen molar-refractivity contribution in [2.45, 2.75) is 38.8 Å². The van der Waals surface area contributed by atoms with Gasteiger partial charge in [-0.2, -0.15) is 0 Å². The van der Waals surface area contributed by atoms with Crippen molar-refractivity contribution in [1.82, 2.24) is 10.6 Å². The molecule has 5 heteroatoms. The zero-order valence-corrected chi connectivity index (χ0v) is 11.9. The molecule has 5 nitrogen and oxygen atoms in total. The molecule has 0 fully saturated rings. The molecule has 0 bridgehead atoms. The molecule has 20 heavy (non-hydrogen) atoms. The monoisotopic (exact) mass is 278 g/mol. The molecule has 0 saturated carbocycles. The van der Waals surface area contributed by atoms with Crippen molar-refractivity contribution in [2.24, 2.45) is 0 Å². The van der Waals surface area contributed by atoms with E-state index in [2.05, 4.69) is 10.6 Å². The Morgan fingerprint density at radius 3 is 2.45 bits per heavy atom. The van der Waals surface area contributed by atoms with Crippen molar-refractivity contribution in [3.63, 3.8) is 0 Å². The number of unbranched alkanes of at least 4 members (excludes halogenated alkanes) is 1. The third-order valence-electron chi connectivity index (χ3n) is 2.95. The van der Waals surface area contributed by atoms with Gasteiger partial charge in [-0.15, -0.1) is 0 Å². The van der Waals surface area contributed by atoms with Gasteiger partial charge in [0, 0.05) is 6.54 Å². The van der Waals surface area contributed by atoms with E-state index in [-0.39, 0.29) is 5.91 Å². The number of amides is 2. The van der Waals surface area contributed by atoms with Crippen LogP contribution in [0.5, 0.6) is 0 Å². The first-order valence-electron chi connectivity index (χ1n) is 6.87. The highest BCUT2D eigenvalue weighted by Gasteiger charge is 2.21. The number of aliphatic hydroxyl groups is 1. The van der Waals surface area contributed by atoms with Gasteiger partial charge in [0.2, 0.25) is 5.91 Å². The van der Waals surface area contributed by atoms with E-state index in [0.29, 0.717) is 12.1 Å². The number of benzene rings is 1. The molecule has 2 amide bonds. The molecule has 0 aliphatic heterocycles. The largest absolute Gasteiger partial charge is 0.378 e. The molecule has 0 radical (unpaired) electrons. The van der Waals surface area contributed by atoms with Crippen molar-refractivity contribution >= 4 is 11.8 Å². The van der Waals surface area contributed by atoms with Crippen LogP contribution in [-0.2, 0) is 9.59 Å². The van der Waals surface area contributed by atoms with Crippen LogP contribution in [0, 0.1) is 0 Å². The molecule has 3 N–H and O–H groups in total. The summed E-state index contributed by atoms with van der Waals surface area (Å²) in [6.07, 6.45) is 0.634. The van der Waals surface area contributed by atoms with E-state index in [1.807, 2.05) is 6.92 Å². The van der Waals surface area contributed by atoms with Crippen molar-refractivity contribution in [3.05, 3.63) is 35.9 Å². The highest BCUT2D eigenvalue weighted by atomic mass is 16.3. The average Bonchev–Trinajstić information content (AvgIpc) is 2.47. The van der Waals surface area contributed by atoms with Gasteiger partial charge in [0.05, 0.1) is 0 Å². The predicted octanol–water partition coefficient (Wildman–Crippen LogP) is 1.14. The van der Waals surface area contributed by atoms with Crippen LogP contribution < -0.4 is 10.6 Å². The molecule has 1 aromatic rings. The summed E-state index contributed by atoms with van der Waals surface area (Å²) >= 11 is 0. The first-order chi connectivity index (χ1) is 9.56. The van der Waals surface area contributed by atoms with Gasteiger partial charge >= 0.3 is 0 Å².